The van der Waals surface area contributed by atoms with Gasteiger partial charge in [0.05, 0.1) is 0 Å². The smallest absolute Gasteiger partial charge is 0.248 e. The second-order valence-electron chi connectivity index (χ2n) is 3.44. The number of nitrogens with two attached hydrogens (primary N) is 2. The van der Waals surface area contributed by atoms with Gasteiger partial charge in [-0.25, -0.2) is 0 Å². The summed E-state index contributed by atoms with van der Waals surface area (Å²) in [5.41, 5.74) is 12.0. The van der Waals surface area contributed by atoms with Crippen molar-refractivity contribution >= 4 is 23.4 Å². The summed E-state index contributed by atoms with van der Waals surface area (Å²) in [6.45, 7) is 0. The number of carbonyl (C=O) groups is 1. The van der Waals surface area contributed by atoms with E-state index in [1.165, 1.54) is 11.8 Å². The Labute approximate surface area is 102 Å². The number of carbonyl (C=O) groups excluding carboxylic acids is 1. The molecule has 0 radical (unpaired) electrons. The van der Waals surface area contributed by atoms with Gasteiger partial charge in [0.2, 0.25) is 5.91 Å². The third-order valence-corrected chi connectivity index (χ3v) is 3.29. The maximum atomic E-state index is 11.1. The van der Waals surface area contributed by atoms with Crippen LogP contribution in [0.3, 0.4) is 0 Å². The second-order valence-corrected chi connectivity index (χ2v) is 4.45. The predicted molar refractivity (Wildman–Crippen MR) is 64.5 cm³/mol. The fraction of sp³-hybridized carbons (Fsp3) is 0.100. The minimum absolute atomic E-state index is 0.420. The molecule has 1 amide bonds. The van der Waals surface area contributed by atoms with Gasteiger partial charge in [0.15, 0.2) is 5.16 Å². The molecular weight excluding hydrogens is 238 g/mol. The van der Waals surface area contributed by atoms with Crippen molar-refractivity contribution < 1.29 is 4.79 Å². The quantitative estimate of drug-likeness (QED) is 0.778. The molecule has 0 unspecified atom stereocenters. The number of anilines is 1. The highest BCUT2D eigenvalue weighted by molar-refractivity contribution is 7.99. The fourth-order valence-electron chi connectivity index (χ4n) is 1.24. The van der Waals surface area contributed by atoms with Gasteiger partial charge in [-0.2, -0.15) is 0 Å². The highest BCUT2D eigenvalue weighted by Crippen LogP contribution is 2.30. The standard InChI is InChI=1S/C10H11N5OS/c1-15-5-13-14-10(15)17-8-4-6(9(12)16)2-3-7(8)11/h2-5H,11H2,1H3,(H2,12,16). The van der Waals surface area contributed by atoms with Crippen molar-refractivity contribution in [3.8, 4) is 0 Å². The number of aromatic nitrogens is 3. The Bertz CT molecular complexity index is 566. The molecule has 2 rings (SSSR count). The van der Waals surface area contributed by atoms with Crippen molar-refractivity contribution in [3.63, 3.8) is 0 Å². The van der Waals surface area contributed by atoms with Crippen LogP contribution in [0.25, 0.3) is 0 Å². The van der Waals surface area contributed by atoms with Gasteiger partial charge in [0.25, 0.3) is 0 Å². The molecule has 0 saturated heterocycles. The van der Waals surface area contributed by atoms with Crippen LogP contribution in [0.2, 0.25) is 0 Å². The van der Waals surface area contributed by atoms with Crippen LogP contribution >= 0.6 is 11.8 Å². The number of amides is 1. The number of nitrogens with zero attached hydrogens (tertiary/aromatic N) is 3. The largest absolute Gasteiger partial charge is 0.398 e. The minimum Gasteiger partial charge on any atom is -0.398 e. The van der Waals surface area contributed by atoms with Crippen LogP contribution in [0, 0.1) is 0 Å². The van der Waals surface area contributed by atoms with Crippen molar-refractivity contribution in [2.24, 2.45) is 12.8 Å². The molecule has 0 aliphatic rings. The zero-order chi connectivity index (χ0) is 12.4. The summed E-state index contributed by atoms with van der Waals surface area (Å²) in [4.78, 5) is 11.8. The van der Waals surface area contributed by atoms with Gasteiger partial charge in [0, 0.05) is 23.2 Å². The number of benzene rings is 1. The summed E-state index contributed by atoms with van der Waals surface area (Å²) in [7, 11) is 1.83. The molecule has 0 bridgehead atoms. The van der Waals surface area contributed by atoms with E-state index in [4.69, 9.17) is 11.5 Å². The molecule has 0 saturated carbocycles. The number of rotatable bonds is 3. The Morgan fingerprint density at radius 1 is 1.47 bits per heavy atom. The highest BCUT2D eigenvalue weighted by Gasteiger charge is 2.09. The van der Waals surface area contributed by atoms with E-state index in [2.05, 4.69) is 10.2 Å². The summed E-state index contributed by atoms with van der Waals surface area (Å²) in [5, 5.41) is 8.39. The van der Waals surface area contributed by atoms with Gasteiger partial charge in [-0.3, -0.25) is 4.79 Å². The van der Waals surface area contributed by atoms with Gasteiger partial charge < -0.3 is 16.0 Å². The molecule has 6 nitrogen and oxygen atoms in total. The van der Waals surface area contributed by atoms with E-state index in [9.17, 15) is 4.79 Å². The van der Waals surface area contributed by atoms with Gasteiger partial charge in [-0.05, 0) is 30.0 Å². The molecule has 0 atom stereocenters. The number of hydrogen-bond donors (Lipinski definition) is 2. The zero-order valence-corrected chi connectivity index (χ0v) is 9.94. The van der Waals surface area contributed by atoms with Gasteiger partial charge in [-0.1, -0.05) is 0 Å². The number of aryl methyl sites for hydroxylation is 1. The van der Waals surface area contributed by atoms with Gasteiger partial charge in [-0.15, -0.1) is 10.2 Å². The Balaban J connectivity index is 2.35. The van der Waals surface area contributed by atoms with E-state index in [0.29, 0.717) is 16.4 Å². The van der Waals surface area contributed by atoms with E-state index in [0.717, 1.165) is 4.90 Å². The maximum Gasteiger partial charge on any atom is 0.248 e. The van der Waals surface area contributed by atoms with E-state index in [1.807, 2.05) is 7.05 Å². The molecular formula is C10H11N5OS. The van der Waals surface area contributed by atoms with Gasteiger partial charge >= 0.3 is 0 Å². The lowest BCUT2D eigenvalue weighted by Gasteiger charge is -2.05. The SMILES string of the molecule is Cn1cnnc1Sc1cc(C(N)=O)ccc1N. The second kappa shape index (κ2) is 4.46. The molecule has 17 heavy (non-hydrogen) atoms. The average Bonchev–Trinajstić information content (AvgIpc) is 2.67. The molecule has 4 N–H and O–H groups in total. The van der Waals surface area contributed by atoms with Crippen LogP contribution in [0.5, 0.6) is 0 Å². The summed E-state index contributed by atoms with van der Waals surface area (Å²) in [5.74, 6) is -0.482. The molecule has 1 aromatic heterocycles. The molecule has 0 aliphatic carbocycles. The lowest BCUT2D eigenvalue weighted by molar-refractivity contribution is 0.1000. The molecule has 7 heteroatoms. The predicted octanol–water partition coefficient (Wildman–Crippen LogP) is 0.647. The molecule has 1 aromatic carbocycles. The first-order valence-corrected chi connectivity index (χ1v) is 5.61. The molecule has 1 heterocycles. The fourth-order valence-corrected chi connectivity index (χ4v) is 2.09. The summed E-state index contributed by atoms with van der Waals surface area (Å²) in [6, 6.07) is 4.90. The topological polar surface area (TPSA) is 99.8 Å². The first-order chi connectivity index (χ1) is 8.08. The van der Waals surface area contributed by atoms with Crippen LogP contribution in [0.4, 0.5) is 5.69 Å². The third-order valence-electron chi connectivity index (χ3n) is 2.17. The van der Waals surface area contributed by atoms with E-state index in [-0.39, 0.29) is 0 Å². The molecule has 0 fully saturated rings. The Hall–Kier alpha value is -2.02. The number of hydrogen-bond acceptors (Lipinski definition) is 5. The Morgan fingerprint density at radius 2 is 2.24 bits per heavy atom. The summed E-state index contributed by atoms with van der Waals surface area (Å²) < 4.78 is 1.76. The molecule has 0 spiro atoms. The number of primary amides is 1. The third kappa shape index (κ3) is 2.39. The highest BCUT2D eigenvalue weighted by atomic mass is 32.2. The first kappa shape index (κ1) is 11.5. The Morgan fingerprint density at radius 3 is 2.82 bits per heavy atom. The van der Waals surface area contributed by atoms with E-state index >= 15 is 0 Å². The maximum absolute atomic E-state index is 11.1. The lowest BCUT2D eigenvalue weighted by atomic mass is 10.2. The first-order valence-electron chi connectivity index (χ1n) is 4.79. The minimum atomic E-state index is -0.482. The Kier molecular flexibility index (Phi) is 3.01. The molecule has 88 valence electrons. The lowest BCUT2D eigenvalue weighted by Crippen LogP contribution is -2.11. The van der Waals surface area contributed by atoms with Crippen LogP contribution in [-0.2, 0) is 7.05 Å². The zero-order valence-electron chi connectivity index (χ0n) is 9.12. The van der Waals surface area contributed by atoms with Crippen LogP contribution in [0.1, 0.15) is 10.4 Å². The van der Waals surface area contributed by atoms with Crippen LogP contribution in [-0.4, -0.2) is 20.7 Å². The monoisotopic (exact) mass is 249 g/mol. The van der Waals surface area contributed by atoms with E-state index in [1.54, 1.807) is 29.1 Å². The average molecular weight is 249 g/mol. The van der Waals surface area contributed by atoms with Crippen molar-refractivity contribution in [2.75, 3.05) is 5.73 Å². The van der Waals surface area contributed by atoms with Crippen molar-refractivity contribution in [3.05, 3.63) is 30.1 Å². The van der Waals surface area contributed by atoms with Crippen molar-refractivity contribution in [2.45, 2.75) is 10.1 Å². The van der Waals surface area contributed by atoms with Gasteiger partial charge in [0.1, 0.15) is 6.33 Å². The summed E-state index contributed by atoms with van der Waals surface area (Å²) in [6.07, 6.45) is 1.59. The van der Waals surface area contributed by atoms with Crippen molar-refractivity contribution in [1.82, 2.24) is 14.8 Å². The van der Waals surface area contributed by atoms with Crippen LogP contribution in [0.15, 0.2) is 34.6 Å². The normalized spacial score (nSPS) is 10.4. The van der Waals surface area contributed by atoms with Crippen LogP contribution < -0.4 is 11.5 Å². The molecule has 2 aromatic rings. The van der Waals surface area contributed by atoms with Crippen molar-refractivity contribution in [1.29, 1.82) is 0 Å². The molecule has 0 aliphatic heterocycles. The number of nitrogen functional groups attached to an aromatic ring is 1. The van der Waals surface area contributed by atoms with E-state index < -0.39 is 5.91 Å². The summed E-state index contributed by atoms with van der Waals surface area (Å²) >= 11 is 1.34.